The molecule has 0 aromatic rings. The quantitative estimate of drug-likeness (QED) is 0.574. The minimum absolute atomic E-state index is 0.363. The van der Waals surface area contributed by atoms with E-state index >= 15 is 0 Å². The topological polar surface area (TPSA) is 20.2 Å². The summed E-state index contributed by atoms with van der Waals surface area (Å²) in [6, 6.07) is 0. The zero-order valence-electron chi connectivity index (χ0n) is 8.35. The third-order valence-electron chi connectivity index (χ3n) is 2.63. The van der Waals surface area contributed by atoms with E-state index in [2.05, 4.69) is 6.92 Å². The molecular weight excluding hydrogens is 136 g/mol. The van der Waals surface area contributed by atoms with Gasteiger partial charge in [0.15, 0.2) is 0 Å². The maximum Gasteiger partial charge on any atom is 0.0645 e. The maximum absolute atomic E-state index is 9.64. The van der Waals surface area contributed by atoms with Crippen LogP contribution in [-0.2, 0) is 0 Å². The van der Waals surface area contributed by atoms with Crippen molar-refractivity contribution in [1.82, 2.24) is 0 Å². The molecule has 0 spiro atoms. The third kappa shape index (κ3) is 3.24. The Morgan fingerprint density at radius 2 is 1.82 bits per heavy atom. The van der Waals surface area contributed by atoms with Crippen molar-refractivity contribution < 1.29 is 5.11 Å². The van der Waals surface area contributed by atoms with Crippen LogP contribution in [0.4, 0.5) is 0 Å². The zero-order valence-corrected chi connectivity index (χ0v) is 8.35. The van der Waals surface area contributed by atoms with Crippen LogP contribution in [0.2, 0.25) is 0 Å². The van der Waals surface area contributed by atoms with Crippen molar-refractivity contribution in [2.24, 2.45) is 5.92 Å². The molecule has 0 saturated heterocycles. The van der Waals surface area contributed by atoms with Gasteiger partial charge in [-0.2, -0.15) is 0 Å². The summed E-state index contributed by atoms with van der Waals surface area (Å²) in [6.07, 6.45) is 4.70. The lowest BCUT2D eigenvalue weighted by Gasteiger charge is -2.34. The summed E-state index contributed by atoms with van der Waals surface area (Å²) in [5.41, 5.74) is -0.363. The lowest BCUT2D eigenvalue weighted by atomic mass is 9.78. The Kier molecular flexibility index (Phi) is 4.74. The second-order valence-electron chi connectivity index (χ2n) is 3.50. The average Bonchev–Trinajstić information content (AvgIpc) is 2.00. The van der Waals surface area contributed by atoms with E-state index in [1.807, 2.05) is 20.8 Å². The molecule has 0 unspecified atom stereocenters. The van der Waals surface area contributed by atoms with E-state index in [4.69, 9.17) is 0 Å². The van der Waals surface area contributed by atoms with Gasteiger partial charge in [-0.05, 0) is 25.7 Å². The largest absolute Gasteiger partial charge is 0.390 e. The van der Waals surface area contributed by atoms with Crippen LogP contribution in [0, 0.1) is 5.92 Å². The summed E-state index contributed by atoms with van der Waals surface area (Å²) >= 11 is 0. The van der Waals surface area contributed by atoms with Gasteiger partial charge < -0.3 is 5.11 Å². The SMILES string of the molecule is CC.C[C@H]1CCCC[C@]1(C)O. The van der Waals surface area contributed by atoms with Crippen LogP contribution in [0.1, 0.15) is 53.4 Å². The summed E-state index contributed by atoms with van der Waals surface area (Å²) in [5.74, 6) is 0.506. The Bertz CT molecular complexity index is 97.0. The summed E-state index contributed by atoms with van der Waals surface area (Å²) in [7, 11) is 0. The van der Waals surface area contributed by atoms with E-state index in [1.165, 1.54) is 19.3 Å². The van der Waals surface area contributed by atoms with Crippen LogP contribution in [0.25, 0.3) is 0 Å². The van der Waals surface area contributed by atoms with E-state index < -0.39 is 0 Å². The second kappa shape index (κ2) is 4.76. The first-order chi connectivity index (χ1) is 5.13. The van der Waals surface area contributed by atoms with Gasteiger partial charge in [-0.25, -0.2) is 0 Å². The first kappa shape index (κ1) is 11.0. The predicted octanol–water partition coefficient (Wildman–Crippen LogP) is 2.97. The molecule has 1 heteroatoms. The van der Waals surface area contributed by atoms with Crippen LogP contribution in [-0.4, -0.2) is 10.7 Å². The molecule has 1 N–H and O–H groups in total. The van der Waals surface area contributed by atoms with Crippen molar-refractivity contribution in [3.63, 3.8) is 0 Å². The first-order valence-electron chi connectivity index (χ1n) is 4.85. The molecule has 1 aliphatic carbocycles. The fraction of sp³-hybridized carbons (Fsp3) is 1.00. The molecule has 1 rings (SSSR count). The molecule has 0 aromatic carbocycles. The van der Waals surface area contributed by atoms with Crippen LogP contribution >= 0.6 is 0 Å². The van der Waals surface area contributed by atoms with Gasteiger partial charge in [-0.1, -0.05) is 33.6 Å². The Morgan fingerprint density at radius 1 is 1.27 bits per heavy atom. The molecule has 0 aromatic heterocycles. The van der Waals surface area contributed by atoms with Gasteiger partial charge in [0.05, 0.1) is 5.60 Å². The van der Waals surface area contributed by atoms with E-state index in [1.54, 1.807) is 0 Å². The average molecular weight is 158 g/mol. The van der Waals surface area contributed by atoms with Crippen molar-refractivity contribution in [3.05, 3.63) is 0 Å². The molecular formula is C10H22O. The van der Waals surface area contributed by atoms with Gasteiger partial charge in [-0.15, -0.1) is 0 Å². The van der Waals surface area contributed by atoms with Gasteiger partial charge in [0, 0.05) is 0 Å². The second-order valence-corrected chi connectivity index (χ2v) is 3.50. The van der Waals surface area contributed by atoms with Crippen molar-refractivity contribution >= 4 is 0 Å². The summed E-state index contributed by atoms with van der Waals surface area (Å²) < 4.78 is 0. The van der Waals surface area contributed by atoms with Crippen LogP contribution < -0.4 is 0 Å². The normalized spacial score (nSPS) is 37.4. The fourth-order valence-electron chi connectivity index (χ4n) is 1.49. The summed E-state index contributed by atoms with van der Waals surface area (Å²) in [6.45, 7) is 8.09. The maximum atomic E-state index is 9.64. The molecule has 1 fully saturated rings. The van der Waals surface area contributed by atoms with E-state index in [0.717, 1.165) is 6.42 Å². The molecule has 2 atom stereocenters. The Hall–Kier alpha value is -0.0400. The van der Waals surface area contributed by atoms with Crippen molar-refractivity contribution in [3.8, 4) is 0 Å². The molecule has 0 radical (unpaired) electrons. The number of aliphatic hydroxyl groups is 1. The first-order valence-corrected chi connectivity index (χ1v) is 4.85. The molecule has 0 heterocycles. The number of hydrogen-bond donors (Lipinski definition) is 1. The molecule has 0 aliphatic heterocycles. The van der Waals surface area contributed by atoms with Gasteiger partial charge >= 0.3 is 0 Å². The predicted molar refractivity (Wildman–Crippen MR) is 49.6 cm³/mol. The van der Waals surface area contributed by atoms with Gasteiger partial charge in [-0.3, -0.25) is 0 Å². The van der Waals surface area contributed by atoms with Crippen LogP contribution in [0.3, 0.4) is 0 Å². The van der Waals surface area contributed by atoms with Crippen LogP contribution in [0.5, 0.6) is 0 Å². The zero-order chi connectivity index (χ0) is 8.91. The Labute approximate surface area is 70.8 Å². The number of rotatable bonds is 0. The highest BCUT2D eigenvalue weighted by Gasteiger charge is 2.30. The smallest absolute Gasteiger partial charge is 0.0645 e. The highest BCUT2D eigenvalue weighted by Crippen LogP contribution is 2.32. The molecule has 1 saturated carbocycles. The van der Waals surface area contributed by atoms with Crippen molar-refractivity contribution in [2.75, 3.05) is 0 Å². The highest BCUT2D eigenvalue weighted by atomic mass is 16.3. The van der Waals surface area contributed by atoms with Crippen molar-refractivity contribution in [1.29, 1.82) is 0 Å². The molecule has 0 bridgehead atoms. The minimum atomic E-state index is -0.363. The third-order valence-corrected chi connectivity index (χ3v) is 2.63. The van der Waals surface area contributed by atoms with E-state index in [9.17, 15) is 5.11 Å². The van der Waals surface area contributed by atoms with Gasteiger partial charge in [0.1, 0.15) is 0 Å². The summed E-state index contributed by atoms with van der Waals surface area (Å²) in [5, 5.41) is 9.64. The minimum Gasteiger partial charge on any atom is -0.390 e. The fourth-order valence-corrected chi connectivity index (χ4v) is 1.49. The highest BCUT2D eigenvalue weighted by molar-refractivity contribution is 4.82. The Morgan fingerprint density at radius 3 is 2.09 bits per heavy atom. The van der Waals surface area contributed by atoms with Gasteiger partial charge in [0.25, 0.3) is 0 Å². The van der Waals surface area contributed by atoms with Gasteiger partial charge in [0.2, 0.25) is 0 Å². The Balaban J connectivity index is 0.000000461. The van der Waals surface area contributed by atoms with Crippen LogP contribution in [0.15, 0.2) is 0 Å². The number of hydrogen-bond acceptors (Lipinski definition) is 1. The standard InChI is InChI=1S/C8H16O.C2H6/c1-7-5-3-4-6-8(7,2)9;1-2/h7,9H,3-6H2,1-2H3;1-2H3/t7-,8-;/m0./s1. The van der Waals surface area contributed by atoms with Crippen molar-refractivity contribution in [2.45, 2.75) is 59.0 Å². The lowest BCUT2D eigenvalue weighted by Crippen LogP contribution is -2.35. The lowest BCUT2D eigenvalue weighted by molar-refractivity contribution is -0.0239. The van der Waals surface area contributed by atoms with E-state index in [-0.39, 0.29) is 5.60 Å². The van der Waals surface area contributed by atoms with E-state index in [0.29, 0.717) is 5.92 Å². The molecule has 11 heavy (non-hydrogen) atoms. The molecule has 68 valence electrons. The molecule has 1 aliphatic rings. The molecule has 0 amide bonds. The monoisotopic (exact) mass is 158 g/mol. The summed E-state index contributed by atoms with van der Waals surface area (Å²) in [4.78, 5) is 0. The molecule has 1 nitrogen and oxygen atoms in total.